The van der Waals surface area contributed by atoms with Crippen LogP contribution in [0, 0.1) is 6.92 Å². The standard InChI is InChI=1S/C14H14N2O3S/c1-9-5-3-4-6-10(9)7-16(2)13(17)12-15-11(8-20-12)14(18)19/h3-6,8H,7H2,1-2H3,(H,18,19). The summed E-state index contributed by atoms with van der Waals surface area (Å²) in [5.74, 6) is -1.40. The summed E-state index contributed by atoms with van der Waals surface area (Å²) in [5, 5.41) is 10.4. The minimum Gasteiger partial charge on any atom is -0.476 e. The lowest BCUT2D eigenvalue weighted by molar-refractivity contribution is 0.0691. The maximum Gasteiger partial charge on any atom is 0.355 e. The molecular weight excluding hydrogens is 276 g/mol. The Morgan fingerprint density at radius 1 is 1.35 bits per heavy atom. The van der Waals surface area contributed by atoms with E-state index in [0.29, 0.717) is 6.54 Å². The van der Waals surface area contributed by atoms with E-state index in [1.54, 1.807) is 7.05 Å². The minimum absolute atomic E-state index is 0.0948. The molecule has 0 fully saturated rings. The smallest absolute Gasteiger partial charge is 0.355 e. The molecule has 0 unspecified atom stereocenters. The van der Waals surface area contributed by atoms with Gasteiger partial charge in [0.15, 0.2) is 10.7 Å². The van der Waals surface area contributed by atoms with Crippen LogP contribution in [0.15, 0.2) is 29.6 Å². The normalized spacial score (nSPS) is 10.3. The number of hydrogen-bond acceptors (Lipinski definition) is 4. The number of carbonyl (C=O) groups is 2. The molecule has 1 aromatic carbocycles. The molecule has 2 aromatic rings. The van der Waals surface area contributed by atoms with Crippen molar-refractivity contribution < 1.29 is 14.7 Å². The largest absolute Gasteiger partial charge is 0.476 e. The van der Waals surface area contributed by atoms with Crippen LogP contribution < -0.4 is 0 Å². The summed E-state index contributed by atoms with van der Waals surface area (Å²) in [7, 11) is 1.68. The van der Waals surface area contributed by atoms with Gasteiger partial charge in [0.1, 0.15) is 0 Å². The first-order valence-electron chi connectivity index (χ1n) is 5.98. The second-order valence-corrected chi connectivity index (χ2v) is 5.29. The lowest BCUT2D eigenvalue weighted by Gasteiger charge is -2.17. The van der Waals surface area contributed by atoms with E-state index < -0.39 is 5.97 Å². The molecule has 0 spiro atoms. The molecule has 0 aliphatic rings. The molecule has 2 rings (SSSR count). The molecule has 1 aromatic heterocycles. The van der Waals surface area contributed by atoms with Crippen LogP contribution in [0.5, 0.6) is 0 Å². The summed E-state index contributed by atoms with van der Waals surface area (Å²) in [6, 6.07) is 7.82. The molecular formula is C14H14N2O3S. The zero-order chi connectivity index (χ0) is 14.7. The first-order chi connectivity index (χ1) is 9.49. The Labute approximate surface area is 120 Å². The number of aromatic carboxylic acids is 1. The van der Waals surface area contributed by atoms with E-state index in [2.05, 4.69) is 4.98 Å². The first kappa shape index (κ1) is 14.2. The van der Waals surface area contributed by atoms with Gasteiger partial charge in [-0.05, 0) is 18.1 Å². The van der Waals surface area contributed by atoms with Crippen molar-refractivity contribution in [1.29, 1.82) is 0 Å². The highest BCUT2D eigenvalue weighted by atomic mass is 32.1. The SMILES string of the molecule is Cc1ccccc1CN(C)C(=O)c1nc(C(=O)O)cs1. The third-order valence-corrected chi connectivity index (χ3v) is 3.75. The van der Waals surface area contributed by atoms with Crippen LogP contribution in [-0.2, 0) is 6.54 Å². The summed E-state index contributed by atoms with van der Waals surface area (Å²) in [6.45, 7) is 2.45. The summed E-state index contributed by atoms with van der Waals surface area (Å²) in [5.41, 5.74) is 2.07. The molecule has 0 aliphatic carbocycles. The van der Waals surface area contributed by atoms with E-state index in [9.17, 15) is 9.59 Å². The molecule has 0 atom stereocenters. The fraction of sp³-hybridized carbons (Fsp3) is 0.214. The van der Waals surface area contributed by atoms with Crippen molar-refractivity contribution in [3.05, 3.63) is 51.5 Å². The Morgan fingerprint density at radius 3 is 2.65 bits per heavy atom. The average Bonchev–Trinajstić information content (AvgIpc) is 2.90. The van der Waals surface area contributed by atoms with Crippen LogP contribution in [0.2, 0.25) is 0 Å². The summed E-state index contributed by atoms with van der Waals surface area (Å²) < 4.78 is 0. The van der Waals surface area contributed by atoms with Gasteiger partial charge in [0, 0.05) is 19.0 Å². The van der Waals surface area contributed by atoms with Gasteiger partial charge in [0.2, 0.25) is 0 Å². The third-order valence-electron chi connectivity index (χ3n) is 2.92. The van der Waals surface area contributed by atoms with Crippen LogP contribution in [0.4, 0.5) is 0 Å². The molecule has 1 N–H and O–H groups in total. The molecule has 5 nitrogen and oxygen atoms in total. The molecule has 1 amide bonds. The van der Waals surface area contributed by atoms with E-state index in [0.717, 1.165) is 22.5 Å². The lowest BCUT2D eigenvalue weighted by atomic mass is 10.1. The zero-order valence-corrected chi connectivity index (χ0v) is 12.0. The highest BCUT2D eigenvalue weighted by Crippen LogP contribution is 2.15. The number of nitrogens with zero attached hydrogens (tertiary/aromatic N) is 2. The lowest BCUT2D eigenvalue weighted by Crippen LogP contribution is -2.26. The van der Waals surface area contributed by atoms with E-state index in [-0.39, 0.29) is 16.6 Å². The van der Waals surface area contributed by atoms with Crippen LogP contribution in [0.3, 0.4) is 0 Å². The Kier molecular flexibility index (Phi) is 4.14. The van der Waals surface area contributed by atoms with Crippen molar-refractivity contribution >= 4 is 23.2 Å². The van der Waals surface area contributed by atoms with Gasteiger partial charge in [0.25, 0.3) is 5.91 Å². The van der Waals surface area contributed by atoms with E-state index in [1.165, 1.54) is 10.3 Å². The monoisotopic (exact) mass is 290 g/mol. The van der Waals surface area contributed by atoms with Crippen molar-refractivity contribution in [3.8, 4) is 0 Å². The van der Waals surface area contributed by atoms with E-state index >= 15 is 0 Å². The fourth-order valence-corrected chi connectivity index (χ4v) is 2.53. The molecule has 20 heavy (non-hydrogen) atoms. The van der Waals surface area contributed by atoms with Gasteiger partial charge in [-0.25, -0.2) is 9.78 Å². The predicted molar refractivity (Wildman–Crippen MR) is 76.0 cm³/mol. The number of benzene rings is 1. The highest BCUT2D eigenvalue weighted by Gasteiger charge is 2.18. The van der Waals surface area contributed by atoms with Crippen molar-refractivity contribution in [2.75, 3.05) is 7.05 Å². The first-order valence-corrected chi connectivity index (χ1v) is 6.86. The molecule has 0 aliphatic heterocycles. The molecule has 0 radical (unpaired) electrons. The molecule has 104 valence electrons. The number of rotatable bonds is 4. The van der Waals surface area contributed by atoms with Crippen LogP contribution in [-0.4, -0.2) is 33.9 Å². The summed E-state index contributed by atoms with van der Waals surface area (Å²) in [4.78, 5) is 28.3. The van der Waals surface area contributed by atoms with Crippen LogP contribution >= 0.6 is 11.3 Å². The van der Waals surface area contributed by atoms with Gasteiger partial charge < -0.3 is 10.0 Å². The van der Waals surface area contributed by atoms with Gasteiger partial charge >= 0.3 is 5.97 Å². The van der Waals surface area contributed by atoms with Crippen molar-refractivity contribution in [3.63, 3.8) is 0 Å². The molecule has 6 heteroatoms. The fourth-order valence-electron chi connectivity index (χ4n) is 1.75. The van der Waals surface area contributed by atoms with E-state index in [4.69, 9.17) is 5.11 Å². The van der Waals surface area contributed by atoms with Crippen molar-refractivity contribution in [2.45, 2.75) is 13.5 Å². The maximum absolute atomic E-state index is 12.2. The van der Waals surface area contributed by atoms with Crippen LogP contribution in [0.1, 0.15) is 31.4 Å². The second kappa shape index (κ2) is 5.83. The van der Waals surface area contributed by atoms with Gasteiger partial charge in [-0.3, -0.25) is 4.79 Å². The Hall–Kier alpha value is -2.21. The zero-order valence-electron chi connectivity index (χ0n) is 11.2. The van der Waals surface area contributed by atoms with Gasteiger partial charge in [0.05, 0.1) is 0 Å². The quantitative estimate of drug-likeness (QED) is 0.938. The van der Waals surface area contributed by atoms with Crippen molar-refractivity contribution in [1.82, 2.24) is 9.88 Å². The number of carboxylic acids is 1. The number of amides is 1. The van der Waals surface area contributed by atoms with E-state index in [1.807, 2.05) is 31.2 Å². The Balaban J connectivity index is 2.12. The number of hydrogen-bond donors (Lipinski definition) is 1. The van der Waals surface area contributed by atoms with Crippen LogP contribution in [0.25, 0.3) is 0 Å². The number of carbonyl (C=O) groups excluding carboxylic acids is 1. The Morgan fingerprint density at radius 2 is 2.05 bits per heavy atom. The van der Waals surface area contributed by atoms with Gasteiger partial charge in [-0.2, -0.15) is 0 Å². The second-order valence-electron chi connectivity index (χ2n) is 4.43. The average molecular weight is 290 g/mol. The molecule has 0 saturated carbocycles. The topological polar surface area (TPSA) is 70.5 Å². The van der Waals surface area contributed by atoms with Crippen molar-refractivity contribution in [2.24, 2.45) is 0 Å². The number of thiazole rings is 1. The molecule has 0 bridgehead atoms. The molecule has 1 heterocycles. The van der Waals surface area contributed by atoms with Gasteiger partial charge in [-0.1, -0.05) is 24.3 Å². The van der Waals surface area contributed by atoms with Gasteiger partial charge in [-0.15, -0.1) is 11.3 Å². The third kappa shape index (κ3) is 3.03. The number of aryl methyl sites for hydroxylation is 1. The summed E-state index contributed by atoms with van der Waals surface area (Å²) in [6.07, 6.45) is 0. The minimum atomic E-state index is -1.12. The number of carboxylic acid groups (broad SMARTS) is 1. The predicted octanol–water partition coefficient (Wildman–Crippen LogP) is 2.42. The molecule has 0 saturated heterocycles. The Bertz CT molecular complexity index is 651. The maximum atomic E-state index is 12.2. The highest BCUT2D eigenvalue weighted by molar-refractivity contribution is 7.11. The summed E-state index contributed by atoms with van der Waals surface area (Å²) >= 11 is 1.05. The number of aromatic nitrogens is 1.